The van der Waals surface area contributed by atoms with E-state index in [1.165, 1.54) is 30.6 Å². The number of carbonyl (C=O) groups excluding carboxylic acids is 1. The number of ether oxygens (including phenoxy) is 1. The Morgan fingerprint density at radius 2 is 2.00 bits per heavy atom. The van der Waals surface area contributed by atoms with E-state index in [0.29, 0.717) is 6.54 Å². The van der Waals surface area contributed by atoms with Crippen LogP contribution in [0.1, 0.15) is 21.7 Å². The van der Waals surface area contributed by atoms with Crippen molar-refractivity contribution in [2.45, 2.75) is 13.5 Å². The minimum Gasteiger partial charge on any atom is -0.490 e. The summed E-state index contributed by atoms with van der Waals surface area (Å²) in [6, 6.07) is 11.7. The molecule has 13 heteroatoms. The van der Waals surface area contributed by atoms with Crippen molar-refractivity contribution < 1.29 is 14.5 Å². The molecule has 0 unspecified atom stereocenters. The van der Waals surface area contributed by atoms with E-state index in [9.17, 15) is 14.9 Å². The zero-order chi connectivity index (χ0) is 23.5. The molecular formula is C20H17N7O4S2. The summed E-state index contributed by atoms with van der Waals surface area (Å²) in [7, 11) is 1.32. The zero-order valence-electron chi connectivity index (χ0n) is 17.4. The molecular weight excluding hydrogens is 466 g/mol. The van der Waals surface area contributed by atoms with Crippen LogP contribution in [0.4, 0.5) is 5.69 Å². The molecule has 0 spiro atoms. The first-order valence-electron chi connectivity index (χ1n) is 9.55. The van der Waals surface area contributed by atoms with Gasteiger partial charge in [0.1, 0.15) is 5.01 Å². The summed E-state index contributed by atoms with van der Waals surface area (Å²) in [5.41, 5.74) is 1.68. The first-order valence-corrected chi connectivity index (χ1v) is 10.8. The van der Waals surface area contributed by atoms with Gasteiger partial charge in [0.15, 0.2) is 16.7 Å². The lowest BCUT2D eigenvalue weighted by Crippen LogP contribution is -2.38. The molecule has 4 aromatic rings. The Balaban J connectivity index is 1.35. The molecule has 0 fully saturated rings. The number of rotatable bonds is 6. The molecule has 2 aromatic heterocycles. The van der Waals surface area contributed by atoms with Crippen molar-refractivity contribution in [2.75, 3.05) is 7.11 Å². The van der Waals surface area contributed by atoms with Gasteiger partial charge in [0, 0.05) is 23.7 Å². The molecule has 0 saturated heterocycles. The summed E-state index contributed by atoms with van der Waals surface area (Å²) in [4.78, 5) is 23.7. The fraction of sp³-hybridized carbons (Fsp3) is 0.150. The van der Waals surface area contributed by atoms with Crippen LogP contribution in [-0.4, -0.2) is 42.9 Å². The van der Waals surface area contributed by atoms with Crippen LogP contribution < -0.4 is 15.4 Å². The van der Waals surface area contributed by atoms with Crippen LogP contribution in [0.5, 0.6) is 5.75 Å². The molecule has 168 valence electrons. The van der Waals surface area contributed by atoms with Crippen molar-refractivity contribution in [2.24, 2.45) is 0 Å². The number of benzene rings is 2. The van der Waals surface area contributed by atoms with E-state index in [-0.39, 0.29) is 22.1 Å². The van der Waals surface area contributed by atoms with Crippen molar-refractivity contribution in [1.82, 2.24) is 30.4 Å². The van der Waals surface area contributed by atoms with Crippen LogP contribution in [0, 0.1) is 17.0 Å². The van der Waals surface area contributed by atoms with Crippen LogP contribution in [0.2, 0.25) is 0 Å². The Morgan fingerprint density at radius 1 is 1.24 bits per heavy atom. The topological polar surface area (TPSA) is 137 Å². The second-order valence-corrected chi connectivity index (χ2v) is 8.19. The van der Waals surface area contributed by atoms with Crippen molar-refractivity contribution in [3.63, 3.8) is 0 Å². The van der Waals surface area contributed by atoms with Gasteiger partial charge in [-0.15, -0.1) is 10.2 Å². The third-order valence-corrected chi connectivity index (χ3v) is 5.86. The number of hydrogen-bond donors (Lipinski definition) is 2. The summed E-state index contributed by atoms with van der Waals surface area (Å²) in [6.07, 6.45) is 0. The average Bonchev–Trinajstić information content (AvgIpc) is 3.39. The van der Waals surface area contributed by atoms with Crippen molar-refractivity contribution in [3.8, 4) is 16.3 Å². The highest BCUT2D eigenvalue weighted by Crippen LogP contribution is 2.27. The molecule has 0 aliphatic heterocycles. The fourth-order valence-corrected chi connectivity index (χ4v) is 4.03. The largest absolute Gasteiger partial charge is 0.490 e. The minimum atomic E-state index is -0.614. The van der Waals surface area contributed by atoms with Crippen molar-refractivity contribution in [3.05, 3.63) is 69.5 Å². The van der Waals surface area contributed by atoms with Gasteiger partial charge in [-0.1, -0.05) is 35.6 Å². The van der Waals surface area contributed by atoms with Crippen LogP contribution in [-0.2, 0) is 6.54 Å². The molecule has 1 amide bonds. The standard InChI is InChI=1S/C20H17N7O4S2/c1-11-23-24-20-26(11)25-18(33-20)13-5-3-12(4-6-13)10-21-19(32)22-17(28)14-7-8-16(31-2)15(9-14)27(29)30/h3-9H,10H2,1-2H3,(H2,21,22,28,32). The summed E-state index contributed by atoms with van der Waals surface area (Å²) >= 11 is 6.63. The number of aromatic nitrogens is 4. The second kappa shape index (κ2) is 9.26. The van der Waals surface area contributed by atoms with Crippen molar-refractivity contribution in [1.29, 1.82) is 0 Å². The summed E-state index contributed by atoms with van der Waals surface area (Å²) in [5, 5.41) is 30.1. The number of methoxy groups -OCH3 is 1. The number of hydrogen-bond acceptors (Lipinski definition) is 9. The molecule has 11 nitrogen and oxygen atoms in total. The molecule has 2 aromatic carbocycles. The quantitative estimate of drug-likeness (QED) is 0.241. The molecule has 2 heterocycles. The maximum absolute atomic E-state index is 12.4. The van der Waals surface area contributed by atoms with Crippen LogP contribution >= 0.6 is 23.6 Å². The van der Waals surface area contributed by atoms with E-state index in [2.05, 4.69) is 25.9 Å². The Labute approximate surface area is 196 Å². The van der Waals surface area contributed by atoms with Crippen LogP contribution in [0.25, 0.3) is 15.5 Å². The number of nitrogens with zero attached hydrogens (tertiary/aromatic N) is 5. The van der Waals surface area contributed by atoms with Gasteiger partial charge >= 0.3 is 5.69 Å². The first kappa shape index (κ1) is 22.2. The number of carbonyl (C=O) groups is 1. The minimum absolute atomic E-state index is 0.0688. The molecule has 0 radical (unpaired) electrons. The summed E-state index contributed by atoms with van der Waals surface area (Å²) in [6.45, 7) is 2.22. The maximum Gasteiger partial charge on any atom is 0.311 e. The Kier molecular flexibility index (Phi) is 6.24. The van der Waals surface area contributed by atoms with Gasteiger partial charge in [0.2, 0.25) is 4.96 Å². The number of amides is 1. The van der Waals surface area contributed by atoms with E-state index in [1.807, 2.05) is 31.2 Å². The molecule has 2 N–H and O–H groups in total. The normalized spacial score (nSPS) is 10.7. The molecule has 33 heavy (non-hydrogen) atoms. The van der Waals surface area contributed by atoms with E-state index in [1.54, 1.807) is 4.52 Å². The average molecular weight is 484 g/mol. The molecule has 0 aliphatic carbocycles. The molecule has 0 bridgehead atoms. The lowest BCUT2D eigenvalue weighted by atomic mass is 10.1. The zero-order valence-corrected chi connectivity index (χ0v) is 19.1. The highest BCUT2D eigenvalue weighted by atomic mass is 32.1. The van der Waals surface area contributed by atoms with E-state index < -0.39 is 10.8 Å². The Bertz CT molecular complexity index is 1360. The highest BCUT2D eigenvalue weighted by molar-refractivity contribution is 7.80. The lowest BCUT2D eigenvalue weighted by Gasteiger charge is -2.10. The molecule has 0 aliphatic rings. The lowest BCUT2D eigenvalue weighted by molar-refractivity contribution is -0.385. The van der Waals surface area contributed by atoms with E-state index in [0.717, 1.165) is 33.0 Å². The van der Waals surface area contributed by atoms with Gasteiger partial charge in [0.05, 0.1) is 12.0 Å². The first-order chi connectivity index (χ1) is 15.9. The third-order valence-electron chi connectivity index (χ3n) is 4.67. The molecule has 4 rings (SSSR count). The van der Waals surface area contributed by atoms with Gasteiger partial charge in [-0.2, -0.15) is 9.61 Å². The van der Waals surface area contributed by atoms with Crippen LogP contribution in [0.3, 0.4) is 0 Å². The number of fused-ring (bicyclic) bond motifs is 1. The van der Waals surface area contributed by atoms with Gasteiger partial charge in [-0.3, -0.25) is 20.2 Å². The molecule has 0 atom stereocenters. The van der Waals surface area contributed by atoms with Gasteiger partial charge < -0.3 is 10.1 Å². The van der Waals surface area contributed by atoms with Gasteiger partial charge in [-0.25, -0.2) is 0 Å². The smallest absolute Gasteiger partial charge is 0.311 e. The summed E-state index contributed by atoms with van der Waals surface area (Å²) in [5.74, 6) is 0.236. The Hall–Kier alpha value is -3.97. The number of nitrogens with one attached hydrogen (secondary N) is 2. The monoisotopic (exact) mass is 483 g/mol. The highest BCUT2D eigenvalue weighted by Gasteiger charge is 2.18. The number of aryl methyl sites for hydroxylation is 1. The van der Waals surface area contributed by atoms with Crippen molar-refractivity contribution >= 4 is 45.2 Å². The Morgan fingerprint density at radius 3 is 2.67 bits per heavy atom. The molecule has 0 saturated carbocycles. The van der Waals surface area contributed by atoms with Gasteiger partial charge in [0.25, 0.3) is 5.91 Å². The summed E-state index contributed by atoms with van der Waals surface area (Å²) < 4.78 is 6.64. The second-order valence-electron chi connectivity index (χ2n) is 6.83. The predicted octanol–water partition coefficient (Wildman–Crippen LogP) is 2.88. The number of nitro groups is 1. The number of nitro benzene ring substituents is 1. The fourth-order valence-electron chi connectivity index (χ4n) is 2.97. The predicted molar refractivity (Wildman–Crippen MR) is 125 cm³/mol. The van der Waals surface area contributed by atoms with Crippen LogP contribution in [0.15, 0.2) is 42.5 Å². The SMILES string of the molecule is COc1ccc(C(=O)NC(=S)NCc2ccc(-c3nn4c(C)nnc4s3)cc2)cc1[N+](=O)[O-]. The number of thiocarbonyl (C=S) groups is 1. The van der Waals surface area contributed by atoms with E-state index in [4.69, 9.17) is 17.0 Å². The maximum atomic E-state index is 12.4. The van der Waals surface area contributed by atoms with Gasteiger partial charge in [-0.05, 0) is 36.8 Å². The third kappa shape index (κ3) is 4.78. The van der Waals surface area contributed by atoms with E-state index >= 15 is 0 Å².